The lowest BCUT2D eigenvalue weighted by Gasteiger charge is -2.27. The fraction of sp³-hybridized carbons (Fsp3) is 0.423. The number of rotatable bonds is 7. The standard InChI is InChI=1S/C26H29N3O5/c1-33-20-8-4-6-18(14-20)15-28(16-21-9-5-13-34-21)23(30)17-29-24(31)26(27-25(29)32)12-11-19-7-2-3-10-22(19)26/h2-4,6-8,10,14,21H,5,9,11-13,15-17H2,1H3,(H,27,32). The van der Waals surface area contributed by atoms with Crippen LogP contribution >= 0.6 is 0 Å². The van der Waals surface area contributed by atoms with Crippen LogP contribution in [0.25, 0.3) is 0 Å². The van der Waals surface area contributed by atoms with Crippen molar-refractivity contribution >= 4 is 17.8 Å². The Balaban J connectivity index is 1.35. The number of hydrogen-bond donors (Lipinski definition) is 1. The van der Waals surface area contributed by atoms with Gasteiger partial charge < -0.3 is 19.7 Å². The van der Waals surface area contributed by atoms with Gasteiger partial charge in [0.1, 0.15) is 17.8 Å². The van der Waals surface area contributed by atoms with E-state index in [9.17, 15) is 14.4 Å². The molecule has 2 fully saturated rings. The van der Waals surface area contributed by atoms with Crippen LogP contribution in [0.5, 0.6) is 5.75 Å². The average molecular weight is 464 g/mol. The molecule has 1 spiro atoms. The third-order valence-corrected chi connectivity index (χ3v) is 7.02. The SMILES string of the molecule is COc1cccc(CN(CC2CCCO2)C(=O)CN2C(=O)NC3(CCc4ccccc43)C2=O)c1. The van der Waals surface area contributed by atoms with Crippen LogP contribution in [-0.4, -0.2) is 60.6 Å². The Morgan fingerprint density at radius 3 is 2.88 bits per heavy atom. The van der Waals surface area contributed by atoms with Gasteiger partial charge in [0, 0.05) is 19.7 Å². The first-order valence-corrected chi connectivity index (χ1v) is 11.7. The third kappa shape index (κ3) is 4.03. The first kappa shape index (κ1) is 22.4. The highest BCUT2D eigenvalue weighted by molar-refractivity contribution is 6.09. The summed E-state index contributed by atoms with van der Waals surface area (Å²) in [5.41, 5.74) is 1.72. The summed E-state index contributed by atoms with van der Waals surface area (Å²) in [6.07, 6.45) is 3.01. The highest BCUT2D eigenvalue weighted by Crippen LogP contribution is 2.41. The van der Waals surface area contributed by atoms with Gasteiger partial charge in [-0.1, -0.05) is 36.4 Å². The molecule has 2 atom stereocenters. The van der Waals surface area contributed by atoms with Gasteiger partial charge in [-0.25, -0.2) is 4.79 Å². The van der Waals surface area contributed by atoms with Gasteiger partial charge in [0.25, 0.3) is 5.91 Å². The van der Waals surface area contributed by atoms with Gasteiger partial charge in [-0.15, -0.1) is 0 Å². The Bertz CT molecular complexity index is 1110. The van der Waals surface area contributed by atoms with Crippen molar-refractivity contribution in [3.8, 4) is 5.75 Å². The minimum absolute atomic E-state index is 0.0503. The zero-order valence-corrected chi connectivity index (χ0v) is 19.3. The maximum atomic E-state index is 13.5. The van der Waals surface area contributed by atoms with E-state index in [0.29, 0.717) is 38.3 Å². The largest absolute Gasteiger partial charge is 0.497 e. The van der Waals surface area contributed by atoms with Crippen LogP contribution in [0.15, 0.2) is 48.5 Å². The highest BCUT2D eigenvalue weighted by atomic mass is 16.5. The number of nitrogens with one attached hydrogen (secondary N) is 1. The smallest absolute Gasteiger partial charge is 0.325 e. The number of aryl methyl sites for hydroxylation is 1. The van der Waals surface area contributed by atoms with E-state index in [1.807, 2.05) is 48.5 Å². The molecule has 4 amide bonds. The Labute approximate surface area is 198 Å². The summed E-state index contributed by atoms with van der Waals surface area (Å²) in [5, 5.41) is 2.89. The molecule has 8 heteroatoms. The molecule has 0 aromatic heterocycles. The number of methoxy groups -OCH3 is 1. The summed E-state index contributed by atoms with van der Waals surface area (Å²) < 4.78 is 11.1. The molecule has 8 nitrogen and oxygen atoms in total. The fourth-order valence-electron chi connectivity index (χ4n) is 5.25. The number of carbonyl (C=O) groups is 3. The van der Waals surface area contributed by atoms with E-state index in [0.717, 1.165) is 34.4 Å². The molecule has 2 aromatic carbocycles. The van der Waals surface area contributed by atoms with Gasteiger partial charge in [0.05, 0.1) is 13.2 Å². The van der Waals surface area contributed by atoms with Gasteiger partial charge in [-0.3, -0.25) is 14.5 Å². The van der Waals surface area contributed by atoms with Crippen molar-refractivity contribution in [2.24, 2.45) is 0 Å². The van der Waals surface area contributed by atoms with Gasteiger partial charge in [0.2, 0.25) is 5.91 Å². The number of ether oxygens (including phenoxy) is 2. The summed E-state index contributed by atoms with van der Waals surface area (Å²) in [5.74, 6) is 0.0670. The lowest BCUT2D eigenvalue weighted by molar-refractivity contribution is -0.140. The number of nitrogens with zero attached hydrogens (tertiary/aromatic N) is 2. The molecule has 1 N–H and O–H groups in total. The van der Waals surface area contributed by atoms with Gasteiger partial charge in [-0.05, 0) is 54.5 Å². The molecule has 2 aromatic rings. The van der Waals surface area contributed by atoms with Crippen LogP contribution in [0.2, 0.25) is 0 Å². The first-order chi connectivity index (χ1) is 16.5. The molecule has 2 aliphatic heterocycles. The summed E-state index contributed by atoms with van der Waals surface area (Å²) in [4.78, 5) is 42.6. The van der Waals surface area contributed by atoms with Crippen LogP contribution in [0, 0.1) is 0 Å². The van der Waals surface area contributed by atoms with Gasteiger partial charge in [-0.2, -0.15) is 0 Å². The Hall–Kier alpha value is -3.39. The molecule has 0 saturated carbocycles. The second-order valence-corrected chi connectivity index (χ2v) is 9.14. The van der Waals surface area contributed by atoms with Gasteiger partial charge >= 0.3 is 6.03 Å². The van der Waals surface area contributed by atoms with E-state index in [1.54, 1.807) is 12.0 Å². The fourth-order valence-corrected chi connectivity index (χ4v) is 5.25. The van der Waals surface area contributed by atoms with Crippen molar-refractivity contribution in [2.45, 2.75) is 43.9 Å². The maximum Gasteiger partial charge on any atom is 0.325 e. The molecule has 2 heterocycles. The zero-order chi connectivity index (χ0) is 23.7. The molecular formula is C26H29N3O5. The molecule has 3 aliphatic rings. The van der Waals surface area contributed by atoms with Crippen LogP contribution < -0.4 is 10.1 Å². The van der Waals surface area contributed by atoms with Crippen molar-refractivity contribution in [3.05, 3.63) is 65.2 Å². The molecule has 0 radical (unpaired) electrons. The second kappa shape index (κ2) is 9.10. The topological polar surface area (TPSA) is 88.2 Å². The minimum Gasteiger partial charge on any atom is -0.497 e. The number of imide groups is 1. The average Bonchev–Trinajstić information content (AvgIpc) is 3.55. The predicted octanol–water partition coefficient (Wildman–Crippen LogP) is 2.60. The van der Waals surface area contributed by atoms with Crippen LogP contribution in [0.4, 0.5) is 4.79 Å². The van der Waals surface area contributed by atoms with E-state index in [4.69, 9.17) is 9.47 Å². The van der Waals surface area contributed by atoms with E-state index in [1.165, 1.54) is 0 Å². The molecule has 1 aliphatic carbocycles. The van der Waals surface area contributed by atoms with Crippen molar-refractivity contribution in [1.29, 1.82) is 0 Å². The molecule has 0 bridgehead atoms. The van der Waals surface area contributed by atoms with E-state index in [-0.39, 0.29) is 24.5 Å². The van der Waals surface area contributed by atoms with Crippen LogP contribution in [-0.2, 0) is 32.8 Å². The normalized spacial score (nSPS) is 23.3. The lowest BCUT2D eigenvalue weighted by atomic mass is 9.92. The van der Waals surface area contributed by atoms with Crippen molar-refractivity contribution in [3.63, 3.8) is 0 Å². The lowest BCUT2D eigenvalue weighted by Crippen LogP contribution is -2.46. The summed E-state index contributed by atoms with van der Waals surface area (Å²) in [6, 6.07) is 14.7. The Morgan fingerprint density at radius 2 is 2.09 bits per heavy atom. The highest BCUT2D eigenvalue weighted by Gasteiger charge is 2.55. The Morgan fingerprint density at radius 1 is 1.24 bits per heavy atom. The molecule has 2 saturated heterocycles. The summed E-state index contributed by atoms with van der Waals surface area (Å²) >= 11 is 0. The quantitative estimate of drug-likeness (QED) is 0.638. The van der Waals surface area contributed by atoms with Crippen LogP contribution in [0.3, 0.4) is 0 Å². The van der Waals surface area contributed by atoms with Crippen molar-refractivity contribution in [2.75, 3.05) is 26.8 Å². The number of amides is 4. The van der Waals surface area contributed by atoms with Crippen molar-refractivity contribution in [1.82, 2.24) is 15.1 Å². The molecule has 5 rings (SSSR count). The third-order valence-electron chi connectivity index (χ3n) is 7.02. The second-order valence-electron chi connectivity index (χ2n) is 9.14. The zero-order valence-electron chi connectivity index (χ0n) is 19.3. The molecular weight excluding hydrogens is 434 g/mol. The number of hydrogen-bond acceptors (Lipinski definition) is 5. The minimum atomic E-state index is -1.07. The number of fused-ring (bicyclic) bond motifs is 2. The predicted molar refractivity (Wildman–Crippen MR) is 124 cm³/mol. The number of carbonyl (C=O) groups excluding carboxylic acids is 3. The van der Waals surface area contributed by atoms with Gasteiger partial charge in [0.15, 0.2) is 0 Å². The first-order valence-electron chi connectivity index (χ1n) is 11.7. The van der Waals surface area contributed by atoms with E-state index < -0.39 is 11.6 Å². The number of urea groups is 1. The maximum absolute atomic E-state index is 13.5. The molecule has 2 unspecified atom stereocenters. The summed E-state index contributed by atoms with van der Waals surface area (Å²) in [7, 11) is 1.60. The molecule has 34 heavy (non-hydrogen) atoms. The summed E-state index contributed by atoms with van der Waals surface area (Å²) in [6.45, 7) is 1.13. The molecule has 178 valence electrons. The van der Waals surface area contributed by atoms with E-state index in [2.05, 4.69) is 5.32 Å². The van der Waals surface area contributed by atoms with E-state index >= 15 is 0 Å². The van der Waals surface area contributed by atoms with Crippen molar-refractivity contribution < 1.29 is 23.9 Å². The number of benzene rings is 2. The monoisotopic (exact) mass is 463 g/mol. The Kier molecular flexibility index (Phi) is 6.00. The van der Waals surface area contributed by atoms with Crippen LogP contribution in [0.1, 0.15) is 36.0 Å².